The van der Waals surface area contributed by atoms with Crippen LogP contribution in [0.3, 0.4) is 0 Å². The second-order valence-electron chi connectivity index (χ2n) is 7.44. The molecule has 0 saturated carbocycles. The normalized spacial score (nSPS) is 15.4. The number of thioether (sulfide) groups is 1. The lowest BCUT2D eigenvalue weighted by Gasteiger charge is -2.12. The molecule has 2 amide bonds. The zero-order valence-corrected chi connectivity index (χ0v) is 17.9. The van der Waals surface area contributed by atoms with Crippen molar-refractivity contribution in [3.8, 4) is 11.4 Å². The van der Waals surface area contributed by atoms with Crippen molar-refractivity contribution in [3.05, 3.63) is 87.6 Å². The molecule has 0 bridgehead atoms. The number of benzene rings is 2. The van der Waals surface area contributed by atoms with E-state index in [1.54, 1.807) is 18.2 Å². The Morgan fingerprint density at radius 1 is 1.00 bits per heavy atom. The van der Waals surface area contributed by atoms with Crippen molar-refractivity contribution in [1.82, 2.24) is 9.47 Å². The van der Waals surface area contributed by atoms with Crippen LogP contribution in [0, 0.1) is 20.8 Å². The number of carbonyl (C=O) groups excluding carboxylic acids is 2. The van der Waals surface area contributed by atoms with Crippen molar-refractivity contribution in [2.75, 3.05) is 0 Å². The fraction of sp³-hybridized carbons (Fsp3) is 0.167. The van der Waals surface area contributed by atoms with Crippen molar-refractivity contribution in [1.29, 1.82) is 0 Å². The van der Waals surface area contributed by atoms with Crippen LogP contribution in [0.4, 0.5) is 4.79 Å². The van der Waals surface area contributed by atoms with Gasteiger partial charge in [-0.25, -0.2) is 0 Å². The fourth-order valence-corrected chi connectivity index (χ4v) is 4.53. The van der Waals surface area contributed by atoms with Crippen LogP contribution >= 0.6 is 11.8 Å². The van der Waals surface area contributed by atoms with Crippen LogP contribution in [-0.2, 0) is 11.3 Å². The highest BCUT2D eigenvalue weighted by Crippen LogP contribution is 2.34. The van der Waals surface area contributed by atoms with Crippen LogP contribution in [0.2, 0.25) is 0 Å². The Balaban J connectivity index is 1.62. The molecule has 1 aliphatic heterocycles. The summed E-state index contributed by atoms with van der Waals surface area (Å²) in [5.74, 6) is -0.0512. The van der Waals surface area contributed by atoms with E-state index in [0.717, 1.165) is 45.5 Å². The third-order valence-corrected chi connectivity index (χ3v) is 6.07. The van der Waals surface area contributed by atoms with Gasteiger partial charge in [0, 0.05) is 17.1 Å². The van der Waals surface area contributed by atoms with Gasteiger partial charge in [-0.1, -0.05) is 29.8 Å². The maximum Gasteiger partial charge on any atom is 0.293 e. The Bertz CT molecular complexity index is 1180. The first-order valence-corrected chi connectivity index (χ1v) is 10.4. The van der Waals surface area contributed by atoms with E-state index in [1.807, 2.05) is 63.2 Å². The van der Waals surface area contributed by atoms with Crippen LogP contribution in [-0.4, -0.2) is 25.7 Å². The van der Waals surface area contributed by atoms with Gasteiger partial charge in [-0.05, 0) is 80.1 Å². The van der Waals surface area contributed by atoms with Gasteiger partial charge in [-0.2, -0.15) is 0 Å². The molecule has 1 saturated heterocycles. The third-order valence-electron chi connectivity index (χ3n) is 5.16. The molecule has 3 aromatic rings. The van der Waals surface area contributed by atoms with Gasteiger partial charge in [0.2, 0.25) is 0 Å². The molecule has 30 heavy (non-hydrogen) atoms. The molecule has 6 heteroatoms. The molecule has 1 aromatic heterocycles. The summed E-state index contributed by atoms with van der Waals surface area (Å²) in [7, 11) is 0. The monoisotopic (exact) mass is 418 g/mol. The van der Waals surface area contributed by atoms with E-state index in [2.05, 4.69) is 4.57 Å². The molecule has 0 unspecified atom stereocenters. The van der Waals surface area contributed by atoms with E-state index in [-0.39, 0.29) is 23.4 Å². The highest BCUT2D eigenvalue weighted by Gasteiger charge is 2.35. The number of aromatic hydroxyl groups is 1. The summed E-state index contributed by atoms with van der Waals surface area (Å²) in [4.78, 5) is 27.1. The SMILES string of the molecule is Cc1cccc(CN2C(=O)S/C(=C\c3cc(C)n(-c4ccc(O)cc4)c3C)C2=O)c1. The minimum atomic E-state index is -0.263. The predicted molar refractivity (Wildman–Crippen MR) is 120 cm³/mol. The molecule has 152 valence electrons. The molecule has 4 rings (SSSR count). The summed E-state index contributed by atoms with van der Waals surface area (Å²) < 4.78 is 2.06. The number of amides is 2. The Kier molecular flexibility index (Phi) is 5.26. The van der Waals surface area contributed by atoms with E-state index >= 15 is 0 Å². The average Bonchev–Trinajstić information content (AvgIpc) is 3.13. The summed E-state index contributed by atoms with van der Waals surface area (Å²) in [6.45, 7) is 6.22. The first kappa shape index (κ1) is 20.0. The van der Waals surface area contributed by atoms with Gasteiger partial charge in [0.15, 0.2) is 0 Å². The maximum absolute atomic E-state index is 12.9. The molecule has 1 aliphatic rings. The quantitative estimate of drug-likeness (QED) is 0.581. The number of aromatic nitrogens is 1. The lowest BCUT2D eigenvalue weighted by Crippen LogP contribution is -2.27. The molecule has 1 N–H and O–H groups in total. The average molecular weight is 419 g/mol. The fourth-order valence-electron chi connectivity index (χ4n) is 3.70. The van der Waals surface area contributed by atoms with Crippen molar-refractivity contribution in [3.63, 3.8) is 0 Å². The van der Waals surface area contributed by atoms with E-state index < -0.39 is 0 Å². The topological polar surface area (TPSA) is 62.5 Å². The molecule has 0 spiro atoms. The molecular weight excluding hydrogens is 396 g/mol. The molecule has 0 radical (unpaired) electrons. The molecule has 0 atom stereocenters. The number of imide groups is 1. The van der Waals surface area contributed by atoms with E-state index in [9.17, 15) is 14.7 Å². The molecule has 5 nitrogen and oxygen atoms in total. The van der Waals surface area contributed by atoms with Crippen molar-refractivity contribution >= 4 is 29.0 Å². The van der Waals surface area contributed by atoms with Gasteiger partial charge < -0.3 is 9.67 Å². The number of hydrogen-bond donors (Lipinski definition) is 1. The minimum absolute atomic E-state index is 0.212. The maximum atomic E-state index is 12.9. The largest absolute Gasteiger partial charge is 0.508 e. The number of nitrogens with zero attached hydrogens (tertiary/aromatic N) is 2. The van der Waals surface area contributed by atoms with Gasteiger partial charge in [0.1, 0.15) is 5.75 Å². The lowest BCUT2D eigenvalue weighted by molar-refractivity contribution is -0.123. The summed E-state index contributed by atoms with van der Waals surface area (Å²) >= 11 is 0.978. The number of phenolic OH excluding ortho intramolecular Hbond substituents is 1. The lowest BCUT2D eigenvalue weighted by atomic mass is 10.1. The van der Waals surface area contributed by atoms with Gasteiger partial charge in [0.05, 0.1) is 11.4 Å². The standard InChI is InChI=1S/C24H22N2O3S/c1-15-5-4-6-18(11-15)14-25-23(28)22(30-24(25)29)13-19-12-16(2)26(17(19)3)20-7-9-21(27)10-8-20/h4-13,27H,14H2,1-3H3/b22-13-. The van der Waals surface area contributed by atoms with Gasteiger partial charge in [-0.15, -0.1) is 0 Å². The Labute approximate surface area is 179 Å². The Morgan fingerprint density at radius 2 is 1.73 bits per heavy atom. The Morgan fingerprint density at radius 3 is 2.43 bits per heavy atom. The third kappa shape index (κ3) is 3.78. The van der Waals surface area contributed by atoms with E-state index in [4.69, 9.17) is 0 Å². The number of phenols is 1. The first-order chi connectivity index (χ1) is 14.3. The highest BCUT2D eigenvalue weighted by atomic mass is 32.2. The number of aryl methyl sites for hydroxylation is 2. The molecule has 0 aliphatic carbocycles. The van der Waals surface area contributed by atoms with Crippen LogP contribution < -0.4 is 0 Å². The van der Waals surface area contributed by atoms with Gasteiger partial charge in [0.25, 0.3) is 11.1 Å². The van der Waals surface area contributed by atoms with E-state index in [1.165, 1.54) is 4.90 Å². The first-order valence-electron chi connectivity index (χ1n) is 9.63. The summed E-state index contributed by atoms with van der Waals surface area (Å²) in [5, 5.41) is 9.29. The number of rotatable bonds is 4. The van der Waals surface area contributed by atoms with Crippen LogP contribution in [0.1, 0.15) is 28.1 Å². The number of carbonyl (C=O) groups is 2. The van der Waals surface area contributed by atoms with Gasteiger partial charge >= 0.3 is 0 Å². The molecule has 2 heterocycles. The summed E-state index contributed by atoms with van der Waals surface area (Å²) in [6.07, 6.45) is 1.79. The minimum Gasteiger partial charge on any atom is -0.508 e. The second kappa shape index (κ2) is 7.88. The van der Waals surface area contributed by atoms with Crippen LogP contribution in [0.5, 0.6) is 5.75 Å². The van der Waals surface area contributed by atoms with Crippen molar-refractivity contribution in [2.24, 2.45) is 0 Å². The van der Waals surface area contributed by atoms with Crippen LogP contribution in [0.25, 0.3) is 11.8 Å². The van der Waals surface area contributed by atoms with Crippen LogP contribution in [0.15, 0.2) is 59.5 Å². The summed E-state index contributed by atoms with van der Waals surface area (Å²) in [5.41, 5.74) is 5.81. The van der Waals surface area contributed by atoms with E-state index in [0.29, 0.717) is 4.91 Å². The second-order valence-corrected chi connectivity index (χ2v) is 8.43. The summed E-state index contributed by atoms with van der Waals surface area (Å²) in [6, 6.07) is 16.8. The smallest absolute Gasteiger partial charge is 0.293 e. The molecular formula is C24H22N2O3S. The molecule has 2 aromatic carbocycles. The van der Waals surface area contributed by atoms with Gasteiger partial charge in [-0.3, -0.25) is 14.5 Å². The van der Waals surface area contributed by atoms with Crippen molar-refractivity contribution < 1.29 is 14.7 Å². The zero-order chi connectivity index (χ0) is 21.4. The number of hydrogen-bond acceptors (Lipinski definition) is 4. The zero-order valence-electron chi connectivity index (χ0n) is 17.0. The predicted octanol–water partition coefficient (Wildman–Crippen LogP) is 5.34. The molecule has 1 fully saturated rings. The highest BCUT2D eigenvalue weighted by molar-refractivity contribution is 8.18. The van der Waals surface area contributed by atoms with Crippen molar-refractivity contribution in [2.45, 2.75) is 27.3 Å². The Hall–Kier alpha value is -3.25.